The number of piperidine rings is 1. The molecule has 0 saturated carbocycles. The number of aromatic hydroxyl groups is 1. The maximum atomic E-state index is 12.6. The number of nitrogens with one attached hydrogen (secondary N) is 3. The molecule has 0 aromatic heterocycles. The standard InChI is InChI=1S/C35H46N4O4/c40-30-17-15-28(16-18-30)10-9-23-36-22-7-2-8-24-37-34(41)21-27-39-25-19-31(20-26-39)43-35(42)38-33-14-6-5-13-32(33)29-11-3-1-4-12-29/h1,3-6,11-18,31,36,40H,2,7-10,19-27H2,(H,37,41)(H,38,42). The molecular weight excluding hydrogens is 540 g/mol. The highest BCUT2D eigenvalue weighted by atomic mass is 16.6. The molecule has 2 amide bonds. The second-order valence-electron chi connectivity index (χ2n) is 11.2. The fraction of sp³-hybridized carbons (Fsp3) is 0.429. The molecule has 0 radical (unpaired) electrons. The fourth-order valence-electron chi connectivity index (χ4n) is 5.34. The van der Waals surface area contributed by atoms with Crippen LogP contribution in [0.1, 0.15) is 50.5 Å². The van der Waals surface area contributed by atoms with E-state index >= 15 is 0 Å². The van der Waals surface area contributed by atoms with Crippen molar-refractivity contribution in [3.8, 4) is 16.9 Å². The van der Waals surface area contributed by atoms with E-state index < -0.39 is 6.09 Å². The van der Waals surface area contributed by atoms with Gasteiger partial charge in [-0.1, -0.05) is 67.1 Å². The second-order valence-corrected chi connectivity index (χ2v) is 11.2. The molecule has 4 rings (SSSR count). The maximum absolute atomic E-state index is 12.6. The molecule has 8 heteroatoms. The van der Waals surface area contributed by atoms with Gasteiger partial charge in [0.2, 0.25) is 5.91 Å². The Morgan fingerprint density at radius 1 is 0.814 bits per heavy atom. The Hall–Kier alpha value is -3.88. The Kier molecular flexibility index (Phi) is 13.4. The topological polar surface area (TPSA) is 103 Å². The van der Waals surface area contributed by atoms with E-state index in [-0.39, 0.29) is 12.0 Å². The zero-order valence-corrected chi connectivity index (χ0v) is 25.1. The minimum absolute atomic E-state index is 0.0992. The van der Waals surface area contributed by atoms with Crippen molar-refractivity contribution in [2.24, 2.45) is 0 Å². The van der Waals surface area contributed by atoms with E-state index in [9.17, 15) is 14.7 Å². The number of aryl methyl sites for hydroxylation is 1. The van der Waals surface area contributed by atoms with Gasteiger partial charge in [0, 0.05) is 38.2 Å². The smallest absolute Gasteiger partial charge is 0.411 e. The molecule has 1 fully saturated rings. The predicted octanol–water partition coefficient (Wildman–Crippen LogP) is 5.97. The van der Waals surface area contributed by atoms with Crippen LogP contribution in [0.25, 0.3) is 11.1 Å². The Bertz CT molecular complexity index is 1240. The molecule has 8 nitrogen and oxygen atoms in total. The molecule has 3 aromatic rings. The minimum Gasteiger partial charge on any atom is -0.508 e. The SMILES string of the molecule is O=C(CCN1CCC(OC(=O)Nc2ccccc2-c2ccccc2)CC1)NCCCCCNCCCc1ccc(O)cc1. The van der Waals surface area contributed by atoms with Crippen LogP contribution in [-0.4, -0.2) is 67.4 Å². The van der Waals surface area contributed by atoms with Gasteiger partial charge in [0.05, 0.1) is 5.69 Å². The molecule has 0 aliphatic carbocycles. The molecule has 1 saturated heterocycles. The number of phenolic OH excluding ortho intramolecular Hbond substituents is 1. The van der Waals surface area contributed by atoms with Crippen molar-refractivity contribution < 1.29 is 19.4 Å². The first-order valence-corrected chi connectivity index (χ1v) is 15.7. The first-order chi connectivity index (χ1) is 21.1. The number of para-hydroxylation sites is 1. The molecule has 43 heavy (non-hydrogen) atoms. The van der Waals surface area contributed by atoms with Crippen LogP contribution in [0.15, 0.2) is 78.9 Å². The van der Waals surface area contributed by atoms with Gasteiger partial charge in [-0.15, -0.1) is 0 Å². The molecule has 3 aromatic carbocycles. The van der Waals surface area contributed by atoms with Crippen molar-refractivity contribution in [2.45, 2.75) is 57.5 Å². The lowest BCUT2D eigenvalue weighted by Gasteiger charge is -2.31. The minimum atomic E-state index is -0.428. The fourth-order valence-corrected chi connectivity index (χ4v) is 5.34. The van der Waals surface area contributed by atoms with E-state index in [0.717, 1.165) is 101 Å². The number of ether oxygens (including phenoxy) is 1. The molecule has 0 unspecified atom stereocenters. The number of carbonyl (C=O) groups excluding carboxylic acids is 2. The predicted molar refractivity (Wildman–Crippen MR) is 172 cm³/mol. The first-order valence-electron chi connectivity index (χ1n) is 15.7. The molecule has 0 bridgehead atoms. The summed E-state index contributed by atoms with van der Waals surface area (Å²) >= 11 is 0. The third-order valence-corrected chi connectivity index (χ3v) is 7.82. The maximum Gasteiger partial charge on any atom is 0.411 e. The van der Waals surface area contributed by atoms with Crippen molar-refractivity contribution in [1.82, 2.24) is 15.5 Å². The largest absolute Gasteiger partial charge is 0.508 e. The summed E-state index contributed by atoms with van der Waals surface area (Å²) in [5.74, 6) is 0.410. The summed E-state index contributed by atoms with van der Waals surface area (Å²) in [7, 11) is 0. The first kappa shape index (κ1) is 32.0. The zero-order valence-electron chi connectivity index (χ0n) is 25.1. The van der Waals surface area contributed by atoms with E-state index in [1.165, 1.54) is 5.56 Å². The number of benzene rings is 3. The number of anilines is 1. The van der Waals surface area contributed by atoms with Gasteiger partial charge < -0.3 is 25.4 Å². The monoisotopic (exact) mass is 586 g/mol. The van der Waals surface area contributed by atoms with E-state index in [0.29, 0.717) is 12.2 Å². The third kappa shape index (κ3) is 11.7. The number of amides is 2. The summed E-state index contributed by atoms with van der Waals surface area (Å²) in [5.41, 5.74) is 3.98. The van der Waals surface area contributed by atoms with Gasteiger partial charge in [-0.3, -0.25) is 10.1 Å². The summed E-state index contributed by atoms with van der Waals surface area (Å²) in [6, 6.07) is 25.1. The summed E-state index contributed by atoms with van der Waals surface area (Å²) < 4.78 is 5.73. The molecule has 4 N–H and O–H groups in total. The van der Waals surface area contributed by atoms with Crippen LogP contribution in [0.5, 0.6) is 5.75 Å². The lowest BCUT2D eigenvalue weighted by Crippen LogP contribution is -2.40. The van der Waals surface area contributed by atoms with Crippen molar-refractivity contribution in [1.29, 1.82) is 0 Å². The lowest BCUT2D eigenvalue weighted by atomic mass is 10.0. The highest BCUT2D eigenvalue weighted by molar-refractivity contribution is 5.91. The van der Waals surface area contributed by atoms with Crippen LogP contribution >= 0.6 is 0 Å². The number of carbonyl (C=O) groups is 2. The van der Waals surface area contributed by atoms with E-state index in [1.54, 1.807) is 12.1 Å². The molecule has 0 spiro atoms. The van der Waals surface area contributed by atoms with Gasteiger partial charge in [0.1, 0.15) is 11.9 Å². The van der Waals surface area contributed by atoms with Gasteiger partial charge in [-0.05, 0) is 80.9 Å². The Balaban J connectivity index is 0.993. The third-order valence-electron chi connectivity index (χ3n) is 7.82. The number of nitrogens with zero attached hydrogens (tertiary/aromatic N) is 1. The van der Waals surface area contributed by atoms with Gasteiger partial charge in [0.15, 0.2) is 0 Å². The van der Waals surface area contributed by atoms with E-state index in [1.807, 2.05) is 66.7 Å². The number of hydrogen-bond donors (Lipinski definition) is 4. The molecule has 1 aliphatic rings. The van der Waals surface area contributed by atoms with Crippen molar-refractivity contribution in [3.63, 3.8) is 0 Å². The summed E-state index contributed by atoms with van der Waals surface area (Å²) in [6.45, 7) is 5.05. The summed E-state index contributed by atoms with van der Waals surface area (Å²) in [5, 5.41) is 18.8. The van der Waals surface area contributed by atoms with Crippen LogP contribution in [0.2, 0.25) is 0 Å². The van der Waals surface area contributed by atoms with Gasteiger partial charge in [-0.2, -0.15) is 0 Å². The molecule has 0 atom stereocenters. The summed E-state index contributed by atoms with van der Waals surface area (Å²) in [6.07, 6.45) is 6.73. The molecule has 230 valence electrons. The number of phenols is 1. The summed E-state index contributed by atoms with van der Waals surface area (Å²) in [4.78, 5) is 27.2. The van der Waals surface area contributed by atoms with Crippen molar-refractivity contribution in [3.05, 3.63) is 84.4 Å². The lowest BCUT2D eigenvalue weighted by molar-refractivity contribution is -0.121. The van der Waals surface area contributed by atoms with Crippen LogP contribution < -0.4 is 16.0 Å². The molecular formula is C35H46N4O4. The van der Waals surface area contributed by atoms with Crippen LogP contribution in [-0.2, 0) is 16.0 Å². The second kappa shape index (κ2) is 17.9. The normalized spacial score (nSPS) is 13.9. The van der Waals surface area contributed by atoms with Gasteiger partial charge >= 0.3 is 6.09 Å². The van der Waals surface area contributed by atoms with Crippen molar-refractivity contribution >= 4 is 17.7 Å². The zero-order chi connectivity index (χ0) is 30.1. The average Bonchev–Trinajstić information content (AvgIpc) is 3.03. The van der Waals surface area contributed by atoms with E-state index in [2.05, 4.69) is 20.9 Å². The van der Waals surface area contributed by atoms with Crippen molar-refractivity contribution in [2.75, 3.05) is 44.6 Å². The highest BCUT2D eigenvalue weighted by Gasteiger charge is 2.23. The quantitative estimate of drug-likeness (QED) is 0.154. The van der Waals surface area contributed by atoms with Gasteiger partial charge in [-0.25, -0.2) is 4.79 Å². The average molecular weight is 587 g/mol. The van der Waals surface area contributed by atoms with Crippen LogP contribution in [0, 0.1) is 0 Å². The Morgan fingerprint density at radius 2 is 1.51 bits per heavy atom. The number of unbranched alkanes of at least 4 members (excludes halogenated alkanes) is 2. The number of likely N-dealkylation sites (tertiary alicyclic amines) is 1. The highest BCUT2D eigenvalue weighted by Crippen LogP contribution is 2.28. The Labute approximate surface area is 255 Å². The van der Waals surface area contributed by atoms with Crippen LogP contribution in [0.4, 0.5) is 10.5 Å². The molecule has 1 heterocycles. The van der Waals surface area contributed by atoms with Crippen LogP contribution in [0.3, 0.4) is 0 Å². The number of rotatable bonds is 16. The number of hydrogen-bond acceptors (Lipinski definition) is 6. The molecule has 1 aliphatic heterocycles. The Morgan fingerprint density at radius 3 is 2.30 bits per heavy atom. The van der Waals surface area contributed by atoms with Gasteiger partial charge in [0.25, 0.3) is 0 Å². The van der Waals surface area contributed by atoms with E-state index in [4.69, 9.17) is 4.74 Å².